The van der Waals surface area contributed by atoms with Gasteiger partial charge in [-0.05, 0) is 50.6 Å². The van der Waals surface area contributed by atoms with Crippen molar-refractivity contribution in [2.75, 3.05) is 45.9 Å². The van der Waals surface area contributed by atoms with E-state index in [0.29, 0.717) is 32.2 Å². The van der Waals surface area contributed by atoms with Crippen LogP contribution in [0.4, 0.5) is 0 Å². The zero-order valence-electron chi connectivity index (χ0n) is 13.0. The molecule has 7 heteroatoms. The highest BCUT2D eigenvalue weighted by Crippen LogP contribution is 2.28. The molecular formula is C14H29N3O3S. The lowest BCUT2D eigenvalue weighted by atomic mass is 9.98. The molecule has 21 heavy (non-hydrogen) atoms. The lowest BCUT2D eigenvalue weighted by Gasteiger charge is -2.31. The molecule has 1 aliphatic heterocycles. The summed E-state index contributed by atoms with van der Waals surface area (Å²) >= 11 is 0. The lowest BCUT2D eigenvalue weighted by molar-refractivity contribution is 0.129. The Hall–Kier alpha value is -0.210. The number of nitrogens with one attached hydrogen (secondary N) is 2. The Morgan fingerprint density at radius 3 is 2.48 bits per heavy atom. The van der Waals surface area contributed by atoms with Crippen molar-refractivity contribution in [2.45, 2.75) is 32.6 Å². The van der Waals surface area contributed by atoms with E-state index >= 15 is 0 Å². The molecule has 0 spiro atoms. The first kappa shape index (κ1) is 17.1. The molecule has 0 radical (unpaired) electrons. The zero-order chi connectivity index (χ0) is 15.1. The first-order chi connectivity index (χ1) is 10.1. The van der Waals surface area contributed by atoms with E-state index in [-0.39, 0.29) is 0 Å². The number of nitrogens with zero attached hydrogens (tertiary/aromatic N) is 1. The molecule has 6 nitrogen and oxygen atoms in total. The van der Waals surface area contributed by atoms with Crippen molar-refractivity contribution in [1.29, 1.82) is 0 Å². The van der Waals surface area contributed by atoms with E-state index in [9.17, 15) is 8.42 Å². The van der Waals surface area contributed by atoms with Gasteiger partial charge in [-0.1, -0.05) is 6.92 Å². The van der Waals surface area contributed by atoms with Gasteiger partial charge in [-0.15, -0.1) is 0 Å². The summed E-state index contributed by atoms with van der Waals surface area (Å²) in [7, 11) is -3.33. The summed E-state index contributed by atoms with van der Waals surface area (Å²) in [6.45, 7) is 6.90. The van der Waals surface area contributed by atoms with Gasteiger partial charge in [0.1, 0.15) is 0 Å². The van der Waals surface area contributed by atoms with Crippen LogP contribution in [0.15, 0.2) is 0 Å². The van der Waals surface area contributed by atoms with Crippen LogP contribution >= 0.6 is 0 Å². The summed E-state index contributed by atoms with van der Waals surface area (Å²) in [6.07, 6.45) is 4.39. The van der Waals surface area contributed by atoms with Gasteiger partial charge in [-0.2, -0.15) is 17.4 Å². The molecule has 0 aromatic heterocycles. The van der Waals surface area contributed by atoms with E-state index in [1.54, 1.807) is 4.31 Å². The minimum absolute atomic E-state index is 0.367. The molecule has 2 aliphatic rings. The summed E-state index contributed by atoms with van der Waals surface area (Å²) in [4.78, 5) is 0. The van der Waals surface area contributed by atoms with Gasteiger partial charge in [-0.25, -0.2) is 0 Å². The van der Waals surface area contributed by atoms with Gasteiger partial charge < -0.3 is 10.1 Å². The second kappa shape index (κ2) is 8.43. The molecule has 2 rings (SSSR count). The van der Waals surface area contributed by atoms with Crippen LogP contribution in [0.3, 0.4) is 0 Å². The maximum atomic E-state index is 12.2. The normalized spacial score (nSPS) is 21.8. The average Bonchev–Trinajstić information content (AvgIpc) is 3.29. The molecule has 2 fully saturated rings. The molecule has 0 bridgehead atoms. The summed E-state index contributed by atoms with van der Waals surface area (Å²) in [5, 5.41) is 3.33. The highest BCUT2D eigenvalue weighted by Gasteiger charge is 2.27. The van der Waals surface area contributed by atoms with E-state index in [1.165, 1.54) is 12.8 Å². The average molecular weight is 319 g/mol. The largest absolute Gasteiger partial charge is 0.380 e. The van der Waals surface area contributed by atoms with Crippen molar-refractivity contribution in [2.24, 2.45) is 11.8 Å². The Labute approximate surface area is 128 Å². The topological polar surface area (TPSA) is 70.7 Å². The predicted octanol–water partition coefficient (Wildman–Crippen LogP) is 0.569. The van der Waals surface area contributed by atoms with Crippen LogP contribution in [0.25, 0.3) is 0 Å². The number of rotatable bonds is 10. The Kier molecular flexibility index (Phi) is 6.88. The van der Waals surface area contributed by atoms with Crippen LogP contribution in [0.2, 0.25) is 0 Å². The monoisotopic (exact) mass is 319 g/mol. The zero-order valence-corrected chi connectivity index (χ0v) is 13.8. The standard InChI is InChI=1S/C14H29N3O3S/c1-2-15-11-13-5-8-17(9-6-13)21(18,19)16-7-10-20-12-14-3-4-14/h13-16H,2-12H2,1H3. The molecule has 0 atom stereocenters. The maximum absolute atomic E-state index is 12.2. The molecule has 1 saturated carbocycles. The van der Waals surface area contributed by atoms with E-state index in [4.69, 9.17) is 4.74 Å². The Morgan fingerprint density at radius 1 is 1.14 bits per heavy atom. The van der Waals surface area contributed by atoms with Gasteiger partial charge in [0.25, 0.3) is 10.2 Å². The van der Waals surface area contributed by atoms with Crippen molar-refractivity contribution in [3.8, 4) is 0 Å². The lowest BCUT2D eigenvalue weighted by Crippen LogP contribution is -2.46. The molecule has 0 aromatic rings. The maximum Gasteiger partial charge on any atom is 0.279 e. The van der Waals surface area contributed by atoms with Gasteiger partial charge in [0.05, 0.1) is 6.61 Å². The van der Waals surface area contributed by atoms with E-state index in [0.717, 1.165) is 38.5 Å². The van der Waals surface area contributed by atoms with E-state index in [1.807, 2.05) is 0 Å². The molecule has 0 aromatic carbocycles. The highest BCUT2D eigenvalue weighted by molar-refractivity contribution is 7.87. The molecule has 1 saturated heterocycles. The van der Waals surface area contributed by atoms with Crippen molar-refractivity contribution in [1.82, 2.24) is 14.3 Å². The quantitative estimate of drug-likeness (QED) is 0.578. The molecule has 124 valence electrons. The van der Waals surface area contributed by atoms with Crippen LogP contribution in [0.5, 0.6) is 0 Å². The first-order valence-corrected chi connectivity index (χ1v) is 9.59. The summed E-state index contributed by atoms with van der Waals surface area (Å²) in [5.41, 5.74) is 0. The van der Waals surface area contributed by atoms with E-state index in [2.05, 4.69) is 17.0 Å². The minimum Gasteiger partial charge on any atom is -0.380 e. The number of hydrogen-bond acceptors (Lipinski definition) is 4. The van der Waals surface area contributed by atoms with Crippen LogP contribution < -0.4 is 10.0 Å². The fraction of sp³-hybridized carbons (Fsp3) is 1.00. The highest BCUT2D eigenvalue weighted by atomic mass is 32.2. The van der Waals surface area contributed by atoms with Crippen LogP contribution in [0.1, 0.15) is 32.6 Å². The number of piperidine rings is 1. The summed E-state index contributed by atoms with van der Waals surface area (Å²) < 4.78 is 34.0. The van der Waals surface area contributed by atoms with Gasteiger partial charge in [0, 0.05) is 26.2 Å². The van der Waals surface area contributed by atoms with Crippen molar-refractivity contribution < 1.29 is 13.2 Å². The van der Waals surface area contributed by atoms with Gasteiger partial charge >= 0.3 is 0 Å². The Morgan fingerprint density at radius 2 is 1.86 bits per heavy atom. The van der Waals surface area contributed by atoms with E-state index < -0.39 is 10.2 Å². The Bertz CT molecular complexity index is 390. The fourth-order valence-corrected chi connectivity index (χ4v) is 3.79. The SMILES string of the molecule is CCNCC1CCN(S(=O)(=O)NCCOCC2CC2)CC1. The van der Waals surface area contributed by atoms with Gasteiger partial charge in [0.2, 0.25) is 0 Å². The van der Waals surface area contributed by atoms with Crippen LogP contribution in [0, 0.1) is 11.8 Å². The molecule has 1 aliphatic carbocycles. The third-order valence-electron chi connectivity index (χ3n) is 4.18. The van der Waals surface area contributed by atoms with Crippen molar-refractivity contribution >= 4 is 10.2 Å². The molecular weight excluding hydrogens is 290 g/mol. The predicted molar refractivity (Wildman–Crippen MR) is 83.3 cm³/mol. The number of ether oxygens (including phenoxy) is 1. The molecule has 0 amide bonds. The third kappa shape index (κ3) is 6.20. The second-order valence-electron chi connectivity index (χ2n) is 6.07. The summed E-state index contributed by atoms with van der Waals surface area (Å²) in [5.74, 6) is 1.32. The Balaban J connectivity index is 1.60. The van der Waals surface area contributed by atoms with Crippen molar-refractivity contribution in [3.63, 3.8) is 0 Å². The molecule has 2 N–H and O–H groups in total. The van der Waals surface area contributed by atoms with Crippen LogP contribution in [-0.2, 0) is 14.9 Å². The molecule has 1 heterocycles. The minimum atomic E-state index is -3.33. The van der Waals surface area contributed by atoms with Crippen LogP contribution in [-0.4, -0.2) is 58.7 Å². The fourth-order valence-electron chi connectivity index (χ4n) is 2.57. The second-order valence-corrected chi connectivity index (χ2v) is 7.82. The van der Waals surface area contributed by atoms with Crippen molar-refractivity contribution in [3.05, 3.63) is 0 Å². The van der Waals surface area contributed by atoms with Gasteiger partial charge in [-0.3, -0.25) is 0 Å². The number of hydrogen-bond donors (Lipinski definition) is 2. The smallest absolute Gasteiger partial charge is 0.279 e. The molecule has 0 unspecified atom stereocenters. The third-order valence-corrected chi connectivity index (χ3v) is 5.79. The summed E-state index contributed by atoms with van der Waals surface area (Å²) in [6, 6.07) is 0. The van der Waals surface area contributed by atoms with Gasteiger partial charge in [0.15, 0.2) is 0 Å². The first-order valence-electron chi connectivity index (χ1n) is 8.15.